The largest absolute Gasteiger partial charge is 0.489 e. The molecular formula is C11H14N2O3. The van der Waals surface area contributed by atoms with Crippen LogP contribution in [0.4, 0.5) is 5.69 Å². The van der Waals surface area contributed by atoms with Crippen LogP contribution in [0, 0.1) is 10.1 Å². The third kappa shape index (κ3) is 3.70. The van der Waals surface area contributed by atoms with E-state index >= 15 is 0 Å². The summed E-state index contributed by atoms with van der Waals surface area (Å²) >= 11 is 0. The zero-order valence-electron chi connectivity index (χ0n) is 9.05. The Balaban J connectivity index is 2.64. The maximum atomic E-state index is 10.5. The molecule has 0 atom stereocenters. The molecule has 1 aromatic rings. The minimum Gasteiger partial charge on any atom is -0.489 e. The van der Waals surface area contributed by atoms with Crippen molar-refractivity contribution in [3.8, 4) is 5.75 Å². The lowest BCUT2D eigenvalue weighted by molar-refractivity contribution is -0.384. The van der Waals surface area contributed by atoms with Crippen molar-refractivity contribution < 1.29 is 9.66 Å². The molecular weight excluding hydrogens is 208 g/mol. The van der Waals surface area contributed by atoms with Crippen LogP contribution in [0.3, 0.4) is 0 Å². The third-order valence-corrected chi connectivity index (χ3v) is 1.96. The number of hydrogen-bond donors (Lipinski definition) is 1. The van der Waals surface area contributed by atoms with Crippen LogP contribution in [0.15, 0.2) is 35.9 Å². The third-order valence-electron chi connectivity index (χ3n) is 1.96. The molecule has 5 nitrogen and oxygen atoms in total. The van der Waals surface area contributed by atoms with Gasteiger partial charge < -0.3 is 10.5 Å². The number of nitrogens with zero attached hydrogens (tertiary/aromatic N) is 1. The maximum absolute atomic E-state index is 10.5. The topological polar surface area (TPSA) is 78.4 Å². The van der Waals surface area contributed by atoms with Crippen molar-refractivity contribution in [3.05, 3.63) is 46.0 Å². The van der Waals surface area contributed by atoms with Crippen LogP contribution in [0.1, 0.15) is 6.92 Å². The molecule has 2 N–H and O–H groups in total. The normalized spacial score (nSPS) is 11.2. The summed E-state index contributed by atoms with van der Waals surface area (Å²) in [4.78, 5) is 10.1. The van der Waals surface area contributed by atoms with Gasteiger partial charge in [-0.3, -0.25) is 10.1 Å². The molecule has 0 amide bonds. The highest BCUT2D eigenvalue weighted by Gasteiger charge is 2.05. The molecule has 1 aromatic carbocycles. The van der Waals surface area contributed by atoms with Crippen molar-refractivity contribution in [2.75, 3.05) is 13.2 Å². The number of nitrogens with two attached hydrogens (primary N) is 1. The van der Waals surface area contributed by atoms with Crippen molar-refractivity contribution in [1.82, 2.24) is 0 Å². The molecule has 0 spiro atoms. The first-order chi connectivity index (χ1) is 7.63. The summed E-state index contributed by atoms with van der Waals surface area (Å²) < 4.78 is 5.38. The highest BCUT2D eigenvalue weighted by molar-refractivity contribution is 5.38. The van der Waals surface area contributed by atoms with E-state index in [-0.39, 0.29) is 5.69 Å². The molecule has 16 heavy (non-hydrogen) atoms. The number of benzene rings is 1. The van der Waals surface area contributed by atoms with E-state index in [0.29, 0.717) is 18.9 Å². The first kappa shape index (κ1) is 12.2. The Labute approximate surface area is 93.7 Å². The Morgan fingerprint density at radius 2 is 2.38 bits per heavy atom. The molecule has 0 heterocycles. The summed E-state index contributed by atoms with van der Waals surface area (Å²) in [5, 5.41) is 10.5. The van der Waals surface area contributed by atoms with Crippen LogP contribution in [0.25, 0.3) is 0 Å². The lowest BCUT2D eigenvalue weighted by Crippen LogP contribution is -2.02. The zero-order chi connectivity index (χ0) is 12.0. The van der Waals surface area contributed by atoms with E-state index in [2.05, 4.69) is 0 Å². The number of rotatable bonds is 5. The molecule has 0 aromatic heterocycles. The van der Waals surface area contributed by atoms with E-state index in [1.54, 1.807) is 12.1 Å². The Hall–Kier alpha value is -1.88. The Morgan fingerprint density at radius 1 is 1.62 bits per heavy atom. The molecule has 86 valence electrons. The number of non-ortho nitro benzene ring substituents is 1. The minimum absolute atomic E-state index is 0.0259. The summed E-state index contributed by atoms with van der Waals surface area (Å²) in [5.74, 6) is 0.485. The molecule has 1 rings (SSSR count). The molecule has 0 aliphatic rings. The first-order valence-electron chi connectivity index (χ1n) is 4.86. The van der Waals surface area contributed by atoms with Crippen molar-refractivity contribution in [2.24, 2.45) is 5.73 Å². The summed E-state index contributed by atoms with van der Waals surface area (Å²) in [6.45, 7) is 2.74. The van der Waals surface area contributed by atoms with Gasteiger partial charge in [0, 0.05) is 12.6 Å². The average molecular weight is 222 g/mol. The predicted molar refractivity (Wildman–Crippen MR) is 61.4 cm³/mol. The van der Waals surface area contributed by atoms with Gasteiger partial charge in [-0.05, 0) is 18.6 Å². The fourth-order valence-electron chi connectivity index (χ4n) is 1.14. The molecule has 0 aliphatic carbocycles. The molecule has 0 aliphatic heterocycles. The van der Waals surface area contributed by atoms with Gasteiger partial charge in [0.05, 0.1) is 11.0 Å². The van der Waals surface area contributed by atoms with Gasteiger partial charge in [-0.2, -0.15) is 0 Å². The quantitative estimate of drug-likeness (QED) is 0.468. The van der Waals surface area contributed by atoms with Crippen molar-refractivity contribution in [1.29, 1.82) is 0 Å². The van der Waals surface area contributed by atoms with Crippen LogP contribution in [0.5, 0.6) is 5.75 Å². The number of nitro benzene ring substituents is 1. The first-order valence-corrected chi connectivity index (χ1v) is 4.86. The van der Waals surface area contributed by atoms with Gasteiger partial charge in [0.1, 0.15) is 12.4 Å². The van der Waals surface area contributed by atoms with E-state index in [1.807, 2.05) is 13.0 Å². The summed E-state index contributed by atoms with van der Waals surface area (Å²) in [6, 6.07) is 6.10. The molecule has 0 radical (unpaired) electrons. The highest BCUT2D eigenvalue weighted by Crippen LogP contribution is 2.19. The van der Waals surface area contributed by atoms with Gasteiger partial charge in [0.2, 0.25) is 0 Å². The molecule has 0 fully saturated rings. The predicted octanol–water partition coefficient (Wildman–Crippen LogP) is 1.88. The fourth-order valence-corrected chi connectivity index (χ4v) is 1.14. The molecule has 0 bridgehead atoms. The van der Waals surface area contributed by atoms with Gasteiger partial charge in [-0.1, -0.05) is 12.1 Å². The highest BCUT2D eigenvalue weighted by atomic mass is 16.6. The summed E-state index contributed by atoms with van der Waals surface area (Å²) in [5.41, 5.74) is 6.36. The van der Waals surface area contributed by atoms with Gasteiger partial charge >= 0.3 is 0 Å². The molecule has 0 saturated heterocycles. The van der Waals surface area contributed by atoms with Crippen molar-refractivity contribution in [2.45, 2.75) is 6.92 Å². The van der Waals surface area contributed by atoms with Gasteiger partial charge in [-0.15, -0.1) is 0 Å². The smallest absolute Gasteiger partial charge is 0.273 e. The SMILES string of the molecule is C/C(=C\CN)COc1cccc([N+](=O)[O-])c1. The van der Waals surface area contributed by atoms with Crippen molar-refractivity contribution >= 4 is 5.69 Å². The van der Waals surface area contributed by atoms with Crippen LogP contribution in [-0.2, 0) is 0 Å². The summed E-state index contributed by atoms with van der Waals surface area (Å²) in [6.07, 6.45) is 1.84. The van der Waals surface area contributed by atoms with E-state index in [1.165, 1.54) is 12.1 Å². The van der Waals surface area contributed by atoms with Crippen molar-refractivity contribution in [3.63, 3.8) is 0 Å². The minimum atomic E-state index is -0.449. The molecule has 0 saturated carbocycles. The molecule has 5 heteroatoms. The lowest BCUT2D eigenvalue weighted by Gasteiger charge is -2.05. The Bertz CT molecular complexity index is 402. The zero-order valence-corrected chi connectivity index (χ0v) is 9.05. The van der Waals surface area contributed by atoms with Crippen LogP contribution < -0.4 is 10.5 Å². The van der Waals surface area contributed by atoms with Gasteiger partial charge in [0.25, 0.3) is 5.69 Å². The van der Waals surface area contributed by atoms with E-state index in [4.69, 9.17) is 10.5 Å². The Kier molecular flexibility index (Phi) is 4.47. The fraction of sp³-hybridized carbons (Fsp3) is 0.273. The second kappa shape index (κ2) is 5.87. The number of ether oxygens (including phenoxy) is 1. The monoisotopic (exact) mass is 222 g/mol. The standard InChI is InChI=1S/C11H14N2O3/c1-9(5-6-12)8-16-11-4-2-3-10(7-11)13(14)15/h2-5,7H,6,8,12H2,1H3/b9-5+. The second-order valence-electron chi connectivity index (χ2n) is 3.33. The second-order valence-corrected chi connectivity index (χ2v) is 3.33. The van der Waals surface area contributed by atoms with Crippen LogP contribution >= 0.6 is 0 Å². The van der Waals surface area contributed by atoms with Gasteiger partial charge in [0.15, 0.2) is 0 Å². The average Bonchev–Trinajstić information content (AvgIpc) is 2.27. The number of nitro groups is 1. The van der Waals surface area contributed by atoms with Crippen LogP contribution in [0.2, 0.25) is 0 Å². The van der Waals surface area contributed by atoms with Crippen LogP contribution in [-0.4, -0.2) is 18.1 Å². The summed E-state index contributed by atoms with van der Waals surface area (Å²) in [7, 11) is 0. The van der Waals surface area contributed by atoms with E-state index < -0.39 is 4.92 Å². The van der Waals surface area contributed by atoms with Gasteiger partial charge in [-0.25, -0.2) is 0 Å². The maximum Gasteiger partial charge on any atom is 0.273 e. The lowest BCUT2D eigenvalue weighted by atomic mass is 10.3. The molecule has 0 unspecified atom stereocenters. The van der Waals surface area contributed by atoms with E-state index in [0.717, 1.165) is 5.57 Å². The Morgan fingerprint density at radius 3 is 3.00 bits per heavy atom. The number of hydrogen-bond acceptors (Lipinski definition) is 4. The van der Waals surface area contributed by atoms with E-state index in [9.17, 15) is 10.1 Å².